The third-order valence-corrected chi connectivity index (χ3v) is 0. The largest absolute Gasteiger partial charge is 1.00 e. The van der Waals surface area contributed by atoms with Gasteiger partial charge in [-0.25, -0.2) is 8.42 Å². The maximum absolute atomic E-state index is 8.74. The van der Waals surface area contributed by atoms with Gasteiger partial charge in [-0.15, -0.1) is 0 Å². The van der Waals surface area contributed by atoms with E-state index in [4.69, 9.17) is 31.9 Å². The van der Waals surface area contributed by atoms with Gasteiger partial charge in [0.1, 0.15) is 0 Å². The van der Waals surface area contributed by atoms with Crippen LogP contribution in [-0.4, -0.2) is 27.3 Å². The minimum atomic E-state index is -4.92. The van der Waals surface area contributed by atoms with Gasteiger partial charge in [0, 0.05) is 0 Å². The van der Waals surface area contributed by atoms with Crippen molar-refractivity contribution in [1.82, 2.24) is 0 Å². The van der Waals surface area contributed by atoms with Gasteiger partial charge in [0.2, 0.25) is 10.4 Å². The predicted octanol–water partition coefficient (Wildman–Crippen LogP) is -4.63. The SMILES string of the molecule is O=S(=O)([O-])O.O=[PH](O)O.[Na+]. The fraction of sp³-hybridized carbons (Fsp3) is 0. The van der Waals surface area contributed by atoms with E-state index in [1.807, 2.05) is 0 Å². The van der Waals surface area contributed by atoms with E-state index in [2.05, 4.69) is 0 Å². The molecule has 0 unspecified atom stereocenters. The molecule has 10 heavy (non-hydrogen) atoms. The van der Waals surface area contributed by atoms with Crippen LogP contribution in [0.25, 0.3) is 0 Å². The molecule has 0 amide bonds. The molecule has 3 N–H and O–H groups in total. The molecule has 7 nitrogen and oxygen atoms in total. The molecule has 0 aliphatic heterocycles. The maximum atomic E-state index is 8.74. The Bertz CT molecular complexity index is 156. The second-order valence-electron chi connectivity index (χ2n) is 0.710. The minimum absolute atomic E-state index is 0. The summed E-state index contributed by atoms with van der Waals surface area (Å²) in [7, 11) is -8.05. The predicted molar refractivity (Wildman–Crippen MR) is 25.8 cm³/mol. The first-order chi connectivity index (χ1) is 3.73. The Kier molecular flexibility index (Phi) is 14.0. The van der Waals surface area contributed by atoms with Crippen molar-refractivity contribution >= 4 is 18.7 Å². The molecule has 0 aromatic rings. The molecule has 0 atom stereocenters. The Morgan fingerprint density at radius 2 is 1.30 bits per heavy atom. The van der Waals surface area contributed by atoms with E-state index in [0.29, 0.717) is 0 Å². The molecule has 0 radical (unpaired) electrons. The first kappa shape index (κ1) is 17.2. The van der Waals surface area contributed by atoms with Crippen LogP contribution in [0.3, 0.4) is 0 Å². The van der Waals surface area contributed by atoms with Crippen LogP contribution in [0.15, 0.2) is 0 Å². The fourth-order valence-electron chi connectivity index (χ4n) is 0. The Morgan fingerprint density at radius 3 is 1.30 bits per heavy atom. The number of hydrogen-bond acceptors (Lipinski definition) is 4. The van der Waals surface area contributed by atoms with Crippen molar-refractivity contribution in [3.63, 3.8) is 0 Å². The first-order valence-electron chi connectivity index (χ1n) is 1.33. The topological polar surface area (TPSA) is 135 Å². The van der Waals surface area contributed by atoms with Crippen molar-refractivity contribution < 1.29 is 61.4 Å². The van der Waals surface area contributed by atoms with Crippen molar-refractivity contribution in [2.24, 2.45) is 0 Å². The van der Waals surface area contributed by atoms with Crippen LogP contribution < -0.4 is 29.6 Å². The molecule has 0 aliphatic rings. The van der Waals surface area contributed by atoms with Gasteiger partial charge < -0.3 is 14.3 Å². The molecule has 10 heteroatoms. The average molecular weight is 202 g/mol. The maximum Gasteiger partial charge on any atom is 1.00 e. The van der Waals surface area contributed by atoms with E-state index in [1.165, 1.54) is 0 Å². The van der Waals surface area contributed by atoms with Crippen LogP contribution >= 0.6 is 8.25 Å². The van der Waals surface area contributed by atoms with Gasteiger partial charge >= 0.3 is 37.8 Å². The summed E-state index contributed by atoms with van der Waals surface area (Å²) in [5.74, 6) is 0. The van der Waals surface area contributed by atoms with Gasteiger partial charge in [-0.2, -0.15) is 0 Å². The second-order valence-corrected chi connectivity index (χ2v) is 2.13. The van der Waals surface area contributed by atoms with E-state index in [0.717, 1.165) is 0 Å². The normalized spacial score (nSPS) is 9.30. The van der Waals surface area contributed by atoms with Crippen LogP contribution in [0.2, 0.25) is 0 Å². The third kappa shape index (κ3) is 558. The van der Waals surface area contributed by atoms with Crippen molar-refractivity contribution in [1.29, 1.82) is 0 Å². The zero-order chi connectivity index (χ0) is 8.08. The summed E-state index contributed by atoms with van der Waals surface area (Å²) in [5.41, 5.74) is 0. The van der Waals surface area contributed by atoms with Gasteiger partial charge in [0.15, 0.2) is 0 Å². The van der Waals surface area contributed by atoms with Crippen molar-refractivity contribution in [3.05, 3.63) is 0 Å². The van der Waals surface area contributed by atoms with E-state index in [9.17, 15) is 0 Å². The quantitative estimate of drug-likeness (QED) is 0.155. The Morgan fingerprint density at radius 1 is 1.30 bits per heavy atom. The van der Waals surface area contributed by atoms with Gasteiger partial charge in [-0.3, -0.25) is 9.12 Å². The van der Waals surface area contributed by atoms with Gasteiger partial charge in [0.25, 0.3) is 0 Å². The van der Waals surface area contributed by atoms with E-state index in [1.54, 1.807) is 0 Å². The molecule has 0 aromatic heterocycles. The molecule has 0 saturated heterocycles. The van der Waals surface area contributed by atoms with Gasteiger partial charge in [-0.05, 0) is 0 Å². The molecule has 0 spiro atoms. The summed E-state index contributed by atoms with van der Waals surface area (Å²) >= 11 is 0. The van der Waals surface area contributed by atoms with E-state index in [-0.39, 0.29) is 29.6 Å². The molecular formula is H4NaO7PS. The fourth-order valence-corrected chi connectivity index (χ4v) is 0. The van der Waals surface area contributed by atoms with Crippen LogP contribution in [0.5, 0.6) is 0 Å². The zero-order valence-corrected chi connectivity index (χ0v) is 8.70. The van der Waals surface area contributed by atoms with Crippen molar-refractivity contribution in [2.45, 2.75) is 0 Å². The monoisotopic (exact) mass is 202 g/mol. The summed E-state index contributed by atoms with van der Waals surface area (Å²) < 4.78 is 41.6. The summed E-state index contributed by atoms with van der Waals surface area (Å²) in [6.07, 6.45) is 0. The van der Waals surface area contributed by atoms with E-state index >= 15 is 0 Å². The molecule has 58 valence electrons. The molecule has 0 aliphatic carbocycles. The molecule has 0 heterocycles. The first-order valence-corrected chi connectivity index (χ1v) is 4.00. The smallest absolute Gasteiger partial charge is 0.726 e. The Labute approximate surface area is 79.9 Å². The molecule has 0 rings (SSSR count). The van der Waals surface area contributed by atoms with Crippen LogP contribution in [0.4, 0.5) is 0 Å². The van der Waals surface area contributed by atoms with Crippen LogP contribution in [0, 0.1) is 0 Å². The summed E-state index contributed by atoms with van der Waals surface area (Å²) in [6, 6.07) is 0. The molecule has 0 fully saturated rings. The molecule has 0 bridgehead atoms. The number of hydrogen-bond donors (Lipinski definition) is 3. The van der Waals surface area contributed by atoms with Crippen LogP contribution in [0.1, 0.15) is 0 Å². The standard InChI is InChI=1S/Na.H2O4S.H3O3P/c;1-5(2,3)4;1-4(2)3/h;(H2,1,2,3,4);4H,(H2,1,2,3)/q+1;;/p-1. The average Bonchev–Trinajstić information content (AvgIpc) is 1.19. The Hall–Kier alpha value is 1.02. The van der Waals surface area contributed by atoms with Crippen molar-refractivity contribution in [3.8, 4) is 0 Å². The van der Waals surface area contributed by atoms with Crippen LogP contribution in [-0.2, 0) is 15.0 Å². The number of rotatable bonds is 0. The second kappa shape index (κ2) is 8.12. The Balaban J connectivity index is -0.0000000910. The van der Waals surface area contributed by atoms with E-state index < -0.39 is 18.7 Å². The summed E-state index contributed by atoms with van der Waals surface area (Å²) in [6.45, 7) is 0. The molecular weight excluding hydrogens is 198 g/mol. The third-order valence-electron chi connectivity index (χ3n) is 0. The summed E-state index contributed by atoms with van der Waals surface area (Å²) in [4.78, 5) is 14.3. The zero-order valence-electron chi connectivity index (χ0n) is 4.88. The van der Waals surface area contributed by atoms with Crippen molar-refractivity contribution in [2.75, 3.05) is 0 Å². The molecule has 0 aromatic carbocycles. The van der Waals surface area contributed by atoms with Gasteiger partial charge in [0.05, 0.1) is 0 Å². The minimum Gasteiger partial charge on any atom is -0.726 e. The molecule has 0 saturated carbocycles. The summed E-state index contributed by atoms with van der Waals surface area (Å²) in [5, 5.41) is 0. The van der Waals surface area contributed by atoms with Gasteiger partial charge in [-0.1, -0.05) is 0 Å².